The number of amides is 2. The number of carbonyl (C=O) groups is 2. The number of phenolic OH excluding ortho intramolecular Hbond substituents is 1. The summed E-state index contributed by atoms with van der Waals surface area (Å²) in [6.45, 7) is 6.46. The van der Waals surface area contributed by atoms with Crippen LogP contribution in [0.2, 0.25) is 0 Å². The first-order valence-corrected chi connectivity index (χ1v) is 7.84. The Kier molecular flexibility index (Phi) is 5.13. The Morgan fingerprint density at radius 3 is 2.70 bits per heavy atom. The SMILES string of the molecule is CC(C)(C)OC(=O)N1CCC[C@H]1CNC(=O)c1ccccc1O. The van der Waals surface area contributed by atoms with E-state index in [-0.39, 0.29) is 29.4 Å². The van der Waals surface area contributed by atoms with Crippen LogP contribution in [0.4, 0.5) is 4.79 Å². The molecule has 1 fully saturated rings. The molecule has 6 heteroatoms. The number of nitrogens with one attached hydrogen (secondary N) is 1. The molecule has 1 aromatic rings. The molecule has 0 aliphatic carbocycles. The van der Waals surface area contributed by atoms with Gasteiger partial charge in [0.1, 0.15) is 11.4 Å². The minimum atomic E-state index is -0.538. The molecule has 0 aromatic heterocycles. The molecule has 1 saturated heterocycles. The third-order valence-electron chi connectivity index (χ3n) is 3.65. The number of hydrogen-bond acceptors (Lipinski definition) is 4. The molecule has 1 atom stereocenters. The maximum Gasteiger partial charge on any atom is 0.410 e. The van der Waals surface area contributed by atoms with E-state index in [0.717, 1.165) is 12.8 Å². The Morgan fingerprint density at radius 2 is 2.04 bits per heavy atom. The lowest BCUT2D eigenvalue weighted by molar-refractivity contribution is 0.0225. The smallest absolute Gasteiger partial charge is 0.410 e. The van der Waals surface area contributed by atoms with Crippen molar-refractivity contribution in [1.29, 1.82) is 0 Å². The van der Waals surface area contributed by atoms with Gasteiger partial charge in [-0.15, -0.1) is 0 Å². The summed E-state index contributed by atoms with van der Waals surface area (Å²) in [5, 5.41) is 12.5. The highest BCUT2D eigenvalue weighted by molar-refractivity contribution is 5.96. The predicted molar refractivity (Wildman–Crippen MR) is 86.4 cm³/mol. The summed E-state index contributed by atoms with van der Waals surface area (Å²) in [4.78, 5) is 26.0. The van der Waals surface area contributed by atoms with Gasteiger partial charge in [-0.05, 0) is 45.7 Å². The summed E-state index contributed by atoms with van der Waals surface area (Å²) in [5.74, 6) is -0.403. The van der Waals surface area contributed by atoms with Gasteiger partial charge in [-0.1, -0.05) is 12.1 Å². The number of ether oxygens (including phenoxy) is 1. The molecular weight excluding hydrogens is 296 g/mol. The van der Waals surface area contributed by atoms with E-state index in [1.165, 1.54) is 6.07 Å². The Bertz CT molecular complexity index is 580. The summed E-state index contributed by atoms with van der Waals surface area (Å²) >= 11 is 0. The van der Waals surface area contributed by atoms with Crippen LogP contribution in [0.25, 0.3) is 0 Å². The standard InChI is InChI=1S/C17H24N2O4/c1-17(2,3)23-16(22)19-10-6-7-12(19)11-18-15(21)13-8-4-5-9-14(13)20/h4-5,8-9,12,20H,6-7,10-11H2,1-3H3,(H,18,21)/t12-/m0/s1. The molecule has 2 rings (SSSR count). The van der Waals surface area contributed by atoms with E-state index in [1.807, 2.05) is 20.8 Å². The lowest BCUT2D eigenvalue weighted by Gasteiger charge is -2.28. The minimum absolute atomic E-state index is 0.0552. The topological polar surface area (TPSA) is 78.9 Å². The van der Waals surface area contributed by atoms with Crippen LogP contribution in [0.3, 0.4) is 0 Å². The van der Waals surface area contributed by atoms with Gasteiger partial charge in [0.2, 0.25) is 0 Å². The van der Waals surface area contributed by atoms with Crippen LogP contribution in [0, 0.1) is 0 Å². The molecule has 6 nitrogen and oxygen atoms in total. The van der Waals surface area contributed by atoms with Crippen LogP contribution in [-0.2, 0) is 4.74 Å². The van der Waals surface area contributed by atoms with Crippen molar-refractivity contribution < 1.29 is 19.4 Å². The second-order valence-electron chi connectivity index (χ2n) is 6.70. The molecule has 1 heterocycles. The number of benzene rings is 1. The van der Waals surface area contributed by atoms with E-state index in [9.17, 15) is 14.7 Å². The summed E-state index contributed by atoms with van der Waals surface area (Å²) in [7, 11) is 0. The van der Waals surface area contributed by atoms with E-state index in [2.05, 4.69) is 5.32 Å². The molecule has 1 aromatic carbocycles. The molecule has 0 radical (unpaired) electrons. The van der Waals surface area contributed by atoms with Gasteiger partial charge in [0.25, 0.3) is 5.91 Å². The van der Waals surface area contributed by atoms with Crippen molar-refractivity contribution in [2.24, 2.45) is 0 Å². The van der Waals surface area contributed by atoms with Crippen molar-refractivity contribution in [1.82, 2.24) is 10.2 Å². The Hall–Kier alpha value is -2.24. The molecule has 1 aliphatic heterocycles. The molecule has 2 N–H and O–H groups in total. The number of nitrogens with zero attached hydrogens (tertiary/aromatic N) is 1. The van der Waals surface area contributed by atoms with E-state index in [1.54, 1.807) is 23.1 Å². The number of likely N-dealkylation sites (tertiary alicyclic amines) is 1. The zero-order valence-corrected chi connectivity index (χ0v) is 13.8. The molecule has 1 aliphatic rings. The van der Waals surface area contributed by atoms with E-state index in [4.69, 9.17) is 4.74 Å². The molecule has 0 spiro atoms. The molecule has 0 bridgehead atoms. The number of carbonyl (C=O) groups excluding carboxylic acids is 2. The molecule has 0 saturated carbocycles. The van der Waals surface area contributed by atoms with E-state index < -0.39 is 5.60 Å². The van der Waals surface area contributed by atoms with Crippen LogP contribution in [-0.4, -0.2) is 46.7 Å². The molecular formula is C17H24N2O4. The highest BCUT2D eigenvalue weighted by Crippen LogP contribution is 2.21. The number of phenols is 1. The van der Waals surface area contributed by atoms with Crippen LogP contribution in [0.15, 0.2) is 24.3 Å². The first kappa shape index (κ1) is 17.1. The van der Waals surface area contributed by atoms with Crippen LogP contribution >= 0.6 is 0 Å². The fourth-order valence-electron chi connectivity index (χ4n) is 2.58. The summed E-state index contributed by atoms with van der Waals surface area (Å²) in [6.07, 6.45) is 1.35. The van der Waals surface area contributed by atoms with Gasteiger partial charge < -0.3 is 20.1 Å². The van der Waals surface area contributed by atoms with Gasteiger partial charge in [0, 0.05) is 13.1 Å². The van der Waals surface area contributed by atoms with E-state index >= 15 is 0 Å². The summed E-state index contributed by atoms with van der Waals surface area (Å²) in [6, 6.07) is 6.30. The quantitative estimate of drug-likeness (QED) is 0.897. The van der Waals surface area contributed by atoms with Crippen LogP contribution in [0.5, 0.6) is 5.75 Å². The normalized spacial score (nSPS) is 17.9. The molecule has 23 heavy (non-hydrogen) atoms. The zero-order valence-electron chi connectivity index (χ0n) is 13.8. The summed E-state index contributed by atoms with van der Waals surface area (Å²) in [5.41, 5.74) is -0.308. The predicted octanol–water partition coefficient (Wildman–Crippen LogP) is 2.52. The molecule has 0 unspecified atom stereocenters. The van der Waals surface area contributed by atoms with Gasteiger partial charge in [0.05, 0.1) is 11.6 Å². The second kappa shape index (κ2) is 6.89. The average molecular weight is 320 g/mol. The van der Waals surface area contributed by atoms with Crippen LogP contribution in [0.1, 0.15) is 44.0 Å². The van der Waals surface area contributed by atoms with Crippen LogP contribution < -0.4 is 5.32 Å². The first-order valence-electron chi connectivity index (χ1n) is 7.84. The first-order chi connectivity index (χ1) is 10.8. The van der Waals surface area contributed by atoms with E-state index in [0.29, 0.717) is 13.1 Å². The van der Waals surface area contributed by atoms with Crippen molar-refractivity contribution >= 4 is 12.0 Å². The Morgan fingerprint density at radius 1 is 1.35 bits per heavy atom. The largest absolute Gasteiger partial charge is 0.507 e. The van der Waals surface area contributed by atoms with Crippen molar-refractivity contribution in [3.63, 3.8) is 0 Å². The lowest BCUT2D eigenvalue weighted by atomic mass is 10.1. The van der Waals surface area contributed by atoms with Gasteiger partial charge in [-0.25, -0.2) is 4.79 Å². The highest BCUT2D eigenvalue weighted by atomic mass is 16.6. The number of hydrogen-bond donors (Lipinski definition) is 2. The Labute approximate surface area is 136 Å². The maximum atomic E-state index is 12.2. The fraction of sp³-hybridized carbons (Fsp3) is 0.529. The van der Waals surface area contributed by atoms with Crippen molar-refractivity contribution in [3.8, 4) is 5.75 Å². The minimum Gasteiger partial charge on any atom is -0.507 e. The summed E-state index contributed by atoms with van der Waals surface area (Å²) < 4.78 is 5.40. The monoisotopic (exact) mass is 320 g/mol. The third-order valence-corrected chi connectivity index (χ3v) is 3.65. The van der Waals surface area contributed by atoms with Gasteiger partial charge >= 0.3 is 6.09 Å². The number of aromatic hydroxyl groups is 1. The third kappa shape index (κ3) is 4.61. The Balaban J connectivity index is 1.93. The van der Waals surface area contributed by atoms with Gasteiger partial charge in [-0.3, -0.25) is 4.79 Å². The zero-order chi connectivity index (χ0) is 17.0. The number of para-hydroxylation sites is 1. The van der Waals surface area contributed by atoms with Crippen molar-refractivity contribution in [3.05, 3.63) is 29.8 Å². The fourth-order valence-corrected chi connectivity index (χ4v) is 2.58. The highest BCUT2D eigenvalue weighted by Gasteiger charge is 2.32. The number of rotatable bonds is 3. The molecule has 2 amide bonds. The molecule has 126 valence electrons. The maximum absolute atomic E-state index is 12.2. The average Bonchev–Trinajstić information content (AvgIpc) is 2.92. The van der Waals surface area contributed by atoms with Crippen molar-refractivity contribution in [2.75, 3.05) is 13.1 Å². The second-order valence-corrected chi connectivity index (χ2v) is 6.70. The van der Waals surface area contributed by atoms with Gasteiger partial charge in [-0.2, -0.15) is 0 Å². The lowest BCUT2D eigenvalue weighted by Crippen LogP contribution is -2.45. The van der Waals surface area contributed by atoms with Crippen molar-refractivity contribution in [2.45, 2.75) is 45.3 Å². The van der Waals surface area contributed by atoms with Gasteiger partial charge in [0.15, 0.2) is 0 Å².